The van der Waals surface area contributed by atoms with Crippen LogP contribution in [-0.4, -0.2) is 55.9 Å². The Morgan fingerprint density at radius 3 is 2.57 bits per heavy atom. The molecule has 1 fully saturated rings. The van der Waals surface area contributed by atoms with Crippen LogP contribution in [0, 0.1) is 5.92 Å². The molecule has 11 nitrogen and oxygen atoms in total. The normalized spacial score (nSPS) is 26.7. The molecule has 3 heterocycles. The van der Waals surface area contributed by atoms with E-state index in [0.29, 0.717) is 23.5 Å². The minimum absolute atomic E-state index is 0.0245. The third kappa shape index (κ3) is 4.91. The molecule has 1 aliphatic heterocycles. The maximum Gasteiger partial charge on any atom is 0.325 e. The van der Waals surface area contributed by atoms with Crippen LogP contribution in [-0.2, 0) is 30.3 Å². The molecule has 0 aromatic carbocycles. The predicted molar refractivity (Wildman–Crippen MR) is 116 cm³/mol. The highest BCUT2D eigenvalue weighted by molar-refractivity contribution is 8.07. The van der Waals surface area contributed by atoms with Crippen LogP contribution in [0.2, 0.25) is 0 Å². The van der Waals surface area contributed by atoms with E-state index in [1.807, 2.05) is 0 Å². The zero-order chi connectivity index (χ0) is 22.2. The lowest BCUT2D eigenvalue weighted by Crippen LogP contribution is -2.36. The number of nitrogen functional groups attached to an aromatic ring is 2. The van der Waals surface area contributed by atoms with E-state index in [1.54, 1.807) is 24.7 Å². The molecule has 0 amide bonds. The van der Waals surface area contributed by atoms with Crippen molar-refractivity contribution >= 4 is 41.5 Å². The molecule has 2 aromatic rings. The number of rotatable bonds is 8. The van der Waals surface area contributed by atoms with Gasteiger partial charge in [0, 0.05) is 7.11 Å². The number of imidazole rings is 1. The van der Waals surface area contributed by atoms with Crippen LogP contribution in [0.5, 0.6) is 0 Å². The van der Waals surface area contributed by atoms with Crippen LogP contribution in [0.15, 0.2) is 6.33 Å². The van der Waals surface area contributed by atoms with Crippen LogP contribution in [0.25, 0.3) is 11.2 Å². The van der Waals surface area contributed by atoms with Crippen molar-refractivity contribution in [2.75, 3.05) is 18.6 Å². The van der Waals surface area contributed by atoms with E-state index in [2.05, 4.69) is 28.8 Å². The second-order valence-corrected chi connectivity index (χ2v) is 10.6. The molecular weight excluding hydrogens is 431 g/mol. The number of fused-ring (bicyclic) bond motifs is 1. The Morgan fingerprint density at radius 2 is 1.97 bits per heavy atom. The lowest BCUT2D eigenvalue weighted by molar-refractivity contribution is -0.0518. The summed E-state index contributed by atoms with van der Waals surface area (Å²) in [4.78, 5) is 23.1. The van der Waals surface area contributed by atoms with Crippen molar-refractivity contribution in [3.8, 4) is 0 Å². The molecule has 0 radical (unpaired) electrons. The Bertz CT molecular complexity index is 941. The van der Waals surface area contributed by atoms with Gasteiger partial charge < -0.3 is 30.4 Å². The number of aromatic nitrogens is 4. The van der Waals surface area contributed by atoms with Crippen molar-refractivity contribution in [3.63, 3.8) is 0 Å². The van der Waals surface area contributed by atoms with Crippen molar-refractivity contribution in [2.24, 2.45) is 5.92 Å². The molecule has 3 rings (SSSR count). The summed E-state index contributed by atoms with van der Waals surface area (Å²) in [5.41, 5.74) is 12.5. The zero-order valence-electron chi connectivity index (χ0n) is 17.6. The number of ether oxygens (including phenoxy) is 2. The maximum absolute atomic E-state index is 10.6. The first-order valence-electron chi connectivity index (χ1n) is 9.65. The summed E-state index contributed by atoms with van der Waals surface area (Å²) in [6, 6.07) is 0. The van der Waals surface area contributed by atoms with E-state index in [-0.39, 0.29) is 17.9 Å². The van der Waals surface area contributed by atoms with Gasteiger partial charge in [-0.1, -0.05) is 13.8 Å². The monoisotopic (exact) mass is 460 g/mol. The first-order valence-corrected chi connectivity index (χ1v) is 12.2. The van der Waals surface area contributed by atoms with Gasteiger partial charge in [0.05, 0.1) is 18.5 Å². The molecule has 0 aliphatic carbocycles. The Kier molecular flexibility index (Phi) is 6.97. The second-order valence-electron chi connectivity index (χ2n) is 7.88. The summed E-state index contributed by atoms with van der Waals surface area (Å²) in [7, 11) is 1.54. The summed E-state index contributed by atoms with van der Waals surface area (Å²) in [6.45, 7) is 4.17. The summed E-state index contributed by atoms with van der Waals surface area (Å²) in [5.74, 6) is 0.496. The number of hydrogen-bond acceptors (Lipinski definition) is 10. The summed E-state index contributed by atoms with van der Waals surface area (Å²) < 4.78 is 25.1. The first-order chi connectivity index (χ1) is 14.0. The summed E-state index contributed by atoms with van der Waals surface area (Å²) in [6.07, 6.45) is -0.427. The Morgan fingerprint density at radius 1 is 1.27 bits per heavy atom. The maximum atomic E-state index is 10.6. The fraction of sp³-hybridized carbons (Fsp3) is 0.706. The van der Waals surface area contributed by atoms with Gasteiger partial charge in [-0.2, -0.15) is 9.97 Å². The number of nitrogens with zero attached hydrogens (tertiary/aromatic N) is 4. The fourth-order valence-electron chi connectivity index (χ4n) is 3.55. The molecule has 0 spiro atoms. The third-order valence-corrected chi connectivity index (χ3v) is 6.31. The molecule has 1 saturated heterocycles. The standard InChI is InChI=1S/C17H29N6O5PS/c1-8(2)6-10-12(28-29(24,30)27-9(3)4)13(25-5)16(26-10)23-7-20-11-14(18)21-17(19)22-15(11)23/h7-10,12-13,16H,6H2,1-5H3,(H,24,30)(H4,18,19,21,22)/t10-,12?,13?,16-,29?/m1/s1. The van der Waals surface area contributed by atoms with E-state index < -0.39 is 31.3 Å². The lowest BCUT2D eigenvalue weighted by Gasteiger charge is -2.28. The highest BCUT2D eigenvalue weighted by Gasteiger charge is 2.49. The number of hydrogen-bond donors (Lipinski definition) is 3. The SMILES string of the molecule is COC1C(OP(O)(=S)OC(C)C)[C@@H](CC(C)C)O[C@H]1n1cnc2c(N)nc(N)nc21. The summed E-state index contributed by atoms with van der Waals surface area (Å²) in [5, 5.41) is 0. The minimum Gasteiger partial charge on any atom is -0.382 e. The van der Waals surface area contributed by atoms with Crippen LogP contribution in [0.3, 0.4) is 0 Å². The Hall–Kier alpha value is -1.40. The number of methoxy groups -OCH3 is 1. The molecule has 13 heteroatoms. The second kappa shape index (κ2) is 8.99. The third-order valence-electron chi connectivity index (χ3n) is 4.60. The van der Waals surface area contributed by atoms with Crippen LogP contribution in [0.1, 0.15) is 40.3 Å². The quantitative estimate of drug-likeness (QED) is 0.496. The van der Waals surface area contributed by atoms with Gasteiger partial charge in [0.25, 0.3) is 0 Å². The average molecular weight is 460 g/mol. The first kappa shape index (κ1) is 23.3. The number of nitrogens with two attached hydrogens (primary N) is 2. The minimum atomic E-state index is -3.51. The molecule has 1 aliphatic rings. The summed E-state index contributed by atoms with van der Waals surface area (Å²) >= 11 is 5.21. The Labute approximate surface area is 180 Å². The molecule has 3 unspecified atom stereocenters. The van der Waals surface area contributed by atoms with Gasteiger partial charge in [0.2, 0.25) is 5.95 Å². The van der Waals surface area contributed by atoms with Gasteiger partial charge in [-0.3, -0.25) is 9.09 Å². The van der Waals surface area contributed by atoms with Crippen molar-refractivity contribution in [1.82, 2.24) is 19.5 Å². The molecule has 2 aromatic heterocycles. The largest absolute Gasteiger partial charge is 0.382 e. The molecule has 0 bridgehead atoms. The van der Waals surface area contributed by atoms with Crippen LogP contribution >= 0.6 is 6.72 Å². The highest BCUT2D eigenvalue weighted by Crippen LogP contribution is 2.51. The van der Waals surface area contributed by atoms with Crippen molar-refractivity contribution in [3.05, 3.63) is 6.33 Å². The van der Waals surface area contributed by atoms with Gasteiger partial charge in [-0.15, -0.1) is 0 Å². The Balaban J connectivity index is 1.99. The van der Waals surface area contributed by atoms with Gasteiger partial charge in [0.1, 0.15) is 17.7 Å². The van der Waals surface area contributed by atoms with Gasteiger partial charge in [0.15, 0.2) is 17.7 Å². The highest BCUT2D eigenvalue weighted by atomic mass is 32.5. The zero-order valence-corrected chi connectivity index (χ0v) is 19.3. The van der Waals surface area contributed by atoms with Crippen molar-refractivity contribution in [2.45, 2.75) is 64.8 Å². The van der Waals surface area contributed by atoms with Gasteiger partial charge in [-0.25, -0.2) is 4.98 Å². The molecule has 30 heavy (non-hydrogen) atoms. The fourth-order valence-corrected chi connectivity index (χ4v) is 5.51. The predicted octanol–water partition coefficient (Wildman–Crippen LogP) is 1.98. The van der Waals surface area contributed by atoms with Crippen molar-refractivity contribution < 1.29 is 23.4 Å². The molecule has 5 atom stereocenters. The average Bonchev–Trinajstić information content (AvgIpc) is 3.14. The van der Waals surface area contributed by atoms with E-state index in [1.165, 1.54) is 7.11 Å². The molecular formula is C17H29N6O5PS. The van der Waals surface area contributed by atoms with E-state index in [9.17, 15) is 4.89 Å². The van der Waals surface area contributed by atoms with E-state index >= 15 is 0 Å². The van der Waals surface area contributed by atoms with E-state index in [0.717, 1.165) is 0 Å². The lowest BCUT2D eigenvalue weighted by atomic mass is 10.0. The number of anilines is 2. The molecule has 168 valence electrons. The topological polar surface area (TPSA) is 153 Å². The van der Waals surface area contributed by atoms with Crippen LogP contribution in [0.4, 0.5) is 11.8 Å². The van der Waals surface area contributed by atoms with Crippen LogP contribution < -0.4 is 11.5 Å². The molecule has 0 saturated carbocycles. The van der Waals surface area contributed by atoms with Gasteiger partial charge in [-0.05, 0) is 38.0 Å². The molecule has 5 N–H and O–H groups in total. The van der Waals surface area contributed by atoms with Gasteiger partial charge >= 0.3 is 6.72 Å². The van der Waals surface area contributed by atoms with Crippen molar-refractivity contribution in [1.29, 1.82) is 0 Å². The smallest absolute Gasteiger partial charge is 0.325 e. The van der Waals surface area contributed by atoms with E-state index in [4.69, 9.17) is 41.8 Å².